The number of nitrogens with two attached hydrogens (primary N) is 1. The van der Waals surface area contributed by atoms with E-state index in [1.165, 1.54) is 12.5 Å². The fourth-order valence-corrected chi connectivity index (χ4v) is 4.71. The van der Waals surface area contributed by atoms with Crippen LogP contribution >= 0.6 is 0 Å². The minimum absolute atomic E-state index is 0.191. The first kappa shape index (κ1) is 24.9. The summed E-state index contributed by atoms with van der Waals surface area (Å²) in [6.45, 7) is 5.39. The molecule has 3 aromatic heterocycles. The standard InChI is InChI=1S/C22H27FN6O5S/c1-13-6-16(28-34-13)10-29-5-4-14(9-29)19(30)17-8-25-12-26-21(17)27-18-7-15(11-33-35(24,31)32)22(2,3)20(18)23/h4-6,8-9,12,15,18,20H,7,10-11H2,1-3H3,(H2,24,31,32)(H,25,26,27). The predicted molar refractivity (Wildman–Crippen MR) is 123 cm³/mol. The normalized spacial score (nSPS) is 21.8. The third kappa shape index (κ3) is 5.57. The maximum absolute atomic E-state index is 15.3. The van der Waals surface area contributed by atoms with Crippen molar-refractivity contribution in [3.05, 3.63) is 59.6 Å². The van der Waals surface area contributed by atoms with E-state index in [1.807, 2.05) is 6.07 Å². The van der Waals surface area contributed by atoms with Gasteiger partial charge in [-0.05, 0) is 25.3 Å². The van der Waals surface area contributed by atoms with Gasteiger partial charge in [-0.2, -0.15) is 8.42 Å². The molecule has 188 valence electrons. The van der Waals surface area contributed by atoms with Crippen LogP contribution in [-0.2, 0) is 21.0 Å². The summed E-state index contributed by atoms with van der Waals surface area (Å²) < 4.78 is 49.3. The lowest BCUT2D eigenvalue weighted by Crippen LogP contribution is -2.35. The predicted octanol–water partition coefficient (Wildman–Crippen LogP) is 2.24. The molecule has 1 fully saturated rings. The summed E-state index contributed by atoms with van der Waals surface area (Å²) in [4.78, 5) is 21.4. The fourth-order valence-electron chi connectivity index (χ4n) is 4.36. The molecule has 0 aromatic carbocycles. The van der Waals surface area contributed by atoms with E-state index in [0.29, 0.717) is 17.9 Å². The molecule has 3 atom stereocenters. The topological polar surface area (TPSA) is 155 Å². The van der Waals surface area contributed by atoms with Crippen LogP contribution in [-0.4, -0.2) is 52.7 Å². The Morgan fingerprint density at radius 1 is 1.43 bits per heavy atom. The van der Waals surface area contributed by atoms with Gasteiger partial charge in [0.15, 0.2) is 5.78 Å². The zero-order valence-electron chi connectivity index (χ0n) is 19.5. The van der Waals surface area contributed by atoms with Crippen LogP contribution in [0.5, 0.6) is 0 Å². The van der Waals surface area contributed by atoms with E-state index in [9.17, 15) is 13.2 Å². The highest BCUT2D eigenvalue weighted by Gasteiger charge is 2.50. The van der Waals surface area contributed by atoms with Gasteiger partial charge >= 0.3 is 10.3 Å². The second-order valence-electron chi connectivity index (χ2n) is 9.30. The van der Waals surface area contributed by atoms with Crippen molar-refractivity contribution in [1.82, 2.24) is 19.7 Å². The van der Waals surface area contributed by atoms with Gasteiger partial charge in [0.1, 0.15) is 29.8 Å². The van der Waals surface area contributed by atoms with Gasteiger partial charge in [-0.1, -0.05) is 19.0 Å². The Balaban J connectivity index is 1.50. The molecule has 1 saturated carbocycles. The Labute approximate surface area is 202 Å². The molecule has 0 aliphatic heterocycles. The van der Waals surface area contributed by atoms with E-state index in [1.54, 1.807) is 43.8 Å². The van der Waals surface area contributed by atoms with Gasteiger partial charge in [0, 0.05) is 35.6 Å². The van der Waals surface area contributed by atoms with E-state index in [0.717, 1.165) is 5.69 Å². The maximum atomic E-state index is 15.3. The molecule has 35 heavy (non-hydrogen) atoms. The van der Waals surface area contributed by atoms with Crippen LogP contribution in [0, 0.1) is 18.3 Å². The summed E-state index contributed by atoms with van der Waals surface area (Å²) in [5, 5.41) is 11.9. The number of anilines is 1. The lowest BCUT2D eigenvalue weighted by atomic mass is 9.81. The number of halogens is 1. The van der Waals surface area contributed by atoms with Crippen molar-refractivity contribution in [2.45, 2.75) is 46.0 Å². The molecule has 1 aliphatic rings. The van der Waals surface area contributed by atoms with Crippen molar-refractivity contribution in [1.29, 1.82) is 0 Å². The lowest BCUT2D eigenvalue weighted by Gasteiger charge is -2.28. The van der Waals surface area contributed by atoms with Crippen LogP contribution < -0.4 is 10.5 Å². The largest absolute Gasteiger partial charge is 0.364 e. The molecule has 0 amide bonds. The van der Waals surface area contributed by atoms with Gasteiger partial charge < -0.3 is 14.4 Å². The number of ketones is 1. The Morgan fingerprint density at radius 2 is 2.20 bits per heavy atom. The summed E-state index contributed by atoms with van der Waals surface area (Å²) >= 11 is 0. The number of carbonyl (C=O) groups excluding carboxylic acids is 1. The molecule has 3 unspecified atom stereocenters. The number of rotatable bonds is 9. The number of nitrogens with zero attached hydrogens (tertiary/aromatic N) is 4. The second-order valence-corrected chi connectivity index (χ2v) is 10.5. The van der Waals surface area contributed by atoms with Crippen LogP contribution in [0.1, 0.15) is 47.6 Å². The first-order valence-electron chi connectivity index (χ1n) is 10.9. The van der Waals surface area contributed by atoms with Gasteiger partial charge in [0.05, 0.1) is 24.8 Å². The quantitative estimate of drug-likeness (QED) is 0.416. The van der Waals surface area contributed by atoms with E-state index >= 15 is 4.39 Å². The first-order chi connectivity index (χ1) is 16.4. The number of aryl methyl sites for hydroxylation is 1. The number of nitrogens with one attached hydrogen (secondary N) is 1. The number of hydrogen-bond acceptors (Lipinski definition) is 9. The fraction of sp³-hybridized carbons (Fsp3) is 0.455. The van der Waals surface area contributed by atoms with Crippen molar-refractivity contribution in [2.24, 2.45) is 16.5 Å². The smallest absolute Gasteiger partial charge is 0.333 e. The van der Waals surface area contributed by atoms with Crippen molar-refractivity contribution < 1.29 is 26.3 Å². The highest BCUT2D eigenvalue weighted by Crippen LogP contribution is 2.46. The van der Waals surface area contributed by atoms with Gasteiger partial charge in [-0.25, -0.2) is 19.5 Å². The molecule has 11 nitrogen and oxygen atoms in total. The zero-order valence-corrected chi connectivity index (χ0v) is 20.3. The van der Waals surface area contributed by atoms with Crippen LogP contribution in [0.2, 0.25) is 0 Å². The van der Waals surface area contributed by atoms with Crippen molar-refractivity contribution in [3.63, 3.8) is 0 Å². The Kier molecular flexibility index (Phi) is 6.75. The number of alkyl halides is 1. The molecule has 3 aromatic rings. The SMILES string of the molecule is Cc1cc(Cn2ccc(C(=O)c3cncnc3NC3CC(COS(N)(=O)=O)C(C)(C)C3F)c2)no1. The summed E-state index contributed by atoms with van der Waals surface area (Å²) in [6.07, 6.45) is 4.98. The molecule has 0 radical (unpaired) electrons. The molecule has 3 N–H and O–H groups in total. The van der Waals surface area contributed by atoms with Gasteiger partial charge in [-0.15, -0.1) is 0 Å². The van der Waals surface area contributed by atoms with E-state index in [2.05, 4.69) is 20.4 Å². The number of hydrogen-bond donors (Lipinski definition) is 2. The van der Waals surface area contributed by atoms with Crippen molar-refractivity contribution >= 4 is 21.9 Å². The summed E-state index contributed by atoms with van der Waals surface area (Å²) in [5.74, 6) is 0.134. The van der Waals surface area contributed by atoms with Crippen LogP contribution in [0.15, 0.2) is 41.6 Å². The van der Waals surface area contributed by atoms with E-state index in [4.69, 9.17) is 13.8 Å². The van der Waals surface area contributed by atoms with Gasteiger partial charge in [-0.3, -0.25) is 8.98 Å². The Bertz CT molecular complexity index is 1320. The first-order valence-corrected chi connectivity index (χ1v) is 12.4. The van der Waals surface area contributed by atoms with Crippen LogP contribution in [0.25, 0.3) is 0 Å². The molecule has 1 aliphatic carbocycles. The van der Waals surface area contributed by atoms with Crippen LogP contribution in [0.4, 0.5) is 10.2 Å². The summed E-state index contributed by atoms with van der Waals surface area (Å²) in [6, 6.07) is 2.76. The third-order valence-electron chi connectivity index (χ3n) is 6.40. The van der Waals surface area contributed by atoms with Gasteiger partial charge in [0.25, 0.3) is 0 Å². The van der Waals surface area contributed by atoms with E-state index in [-0.39, 0.29) is 30.2 Å². The van der Waals surface area contributed by atoms with E-state index < -0.39 is 33.9 Å². The molecule has 0 spiro atoms. The average molecular weight is 507 g/mol. The maximum Gasteiger partial charge on any atom is 0.333 e. The number of carbonyl (C=O) groups is 1. The molecular weight excluding hydrogens is 479 g/mol. The monoisotopic (exact) mass is 506 g/mol. The minimum Gasteiger partial charge on any atom is -0.364 e. The molecule has 13 heteroatoms. The molecule has 4 rings (SSSR count). The summed E-state index contributed by atoms with van der Waals surface area (Å²) in [5.41, 5.74) is 0.431. The molecule has 0 bridgehead atoms. The lowest BCUT2D eigenvalue weighted by molar-refractivity contribution is 0.0996. The second kappa shape index (κ2) is 9.47. The van der Waals surface area contributed by atoms with Crippen molar-refractivity contribution in [2.75, 3.05) is 11.9 Å². The molecule has 3 heterocycles. The van der Waals surface area contributed by atoms with Gasteiger partial charge in [0.2, 0.25) is 0 Å². The van der Waals surface area contributed by atoms with Crippen molar-refractivity contribution in [3.8, 4) is 0 Å². The highest BCUT2D eigenvalue weighted by atomic mass is 32.2. The third-order valence-corrected chi connectivity index (χ3v) is 6.87. The zero-order chi connectivity index (χ0) is 25.4. The average Bonchev–Trinajstić information content (AvgIpc) is 3.47. The van der Waals surface area contributed by atoms with Crippen LogP contribution in [0.3, 0.4) is 0 Å². The Morgan fingerprint density at radius 3 is 2.89 bits per heavy atom. The minimum atomic E-state index is -4.14. The molecule has 0 saturated heterocycles. The molecular formula is C22H27FN6O5S. The Hall–Kier alpha value is -3.16. The highest BCUT2D eigenvalue weighted by molar-refractivity contribution is 7.84. The summed E-state index contributed by atoms with van der Waals surface area (Å²) in [7, 11) is -4.14. The number of aromatic nitrogens is 4.